The summed E-state index contributed by atoms with van der Waals surface area (Å²) >= 11 is 0. The summed E-state index contributed by atoms with van der Waals surface area (Å²) in [5.41, 5.74) is 7.08. The van der Waals surface area contributed by atoms with Crippen LogP contribution in [0.3, 0.4) is 0 Å². The van der Waals surface area contributed by atoms with Crippen molar-refractivity contribution in [3.05, 3.63) is 23.8 Å². The molecule has 2 atom stereocenters. The minimum absolute atomic E-state index is 0.167. The molecule has 1 heterocycles. The monoisotopic (exact) mass is 231 g/mol. The van der Waals surface area contributed by atoms with Gasteiger partial charge in [0.2, 0.25) is 0 Å². The number of nitrogens with two attached hydrogens (primary N) is 1. The van der Waals surface area contributed by atoms with Crippen molar-refractivity contribution in [3.8, 4) is 11.8 Å². The number of nitrogens with one attached hydrogen (secondary N) is 1. The Morgan fingerprint density at radius 3 is 3.12 bits per heavy atom. The van der Waals surface area contributed by atoms with Gasteiger partial charge in [0, 0.05) is 6.42 Å². The molecule has 0 radical (unpaired) electrons. The van der Waals surface area contributed by atoms with Crippen LogP contribution in [0.1, 0.15) is 12.5 Å². The van der Waals surface area contributed by atoms with Crippen LogP contribution in [-0.2, 0) is 11.2 Å². The first-order valence-corrected chi connectivity index (χ1v) is 5.36. The number of nitrogens with zero attached hydrogens (tertiary/aromatic N) is 1. The van der Waals surface area contributed by atoms with E-state index in [1.807, 2.05) is 12.1 Å². The van der Waals surface area contributed by atoms with Crippen LogP contribution in [-0.4, -0.2) is 18.1 Å². The van der Waals surface area contributed by atoms with E-state index < -0.39 is 12.1 Å². The number of anilines is 1. The van der Waals surface area contributed by atoms with E-state index in [1.165, 1.54) is 0 Å². The molecule has 1 aliphatic heterocycles. The van der Waals surface area contributed by atoms with Crippen molar-refractivity contribution >= 4 is 11.6 Å². The predicted octanol–water partition coefficient (Wildman–Crippen LogP) is 0.799. The maximum Gasteiger partial charge on any atom is 0.265 e. The van der Waals surface area contributed by atoms with Crippen LogP contribution in [0.4, 0.5) is 5.69 Å². The Kier molecular flexibility index (Phi) is 2.98. The molecule has 17 heavy (non-hydrogen) atoms. The Morgan fingerprint density at radius 1 is 1.65 bits per heavy atom. The second-order valence-electron chi connectivity index (χ2n) is 4.02. The average molecular weight is 231 g/mol. The van der Waals surface area contributed by atoms with E-state index in [4.69, 9.17) is 15.7 Å². The second kappa shape index (κ2) is 4.44. The number of carbonyl (C=O) groups is 1. The van der Waals surface area contributed by atoms with Gasteiger partial charge in [0.05, 0.1) is 17.8 Å². The molecule has 0 saturated carbocycles. The molecule has 2 rings (SSSR count). The van der Waals surface area contributed by atoms with Gasteiger partial charge in [-0.05, 0) is 24.6 Å². The molecular weight excluding hydrogens is 218 g/mol. The maximum atomic E-state index is 11.4. The van der Waals surface area contributed by atoms with Crippen LogP contribution in [0, 0.1) is 11.3 Å². The topological polar surface area (TPSA) is 88.1 Å². The van der Waals surface area contributed by atoms with Crippen molar-refractivity contribution in [3.63, 3.8) is 0 Å². The summed E-state index contributed by atoms with van der Waals surface area (Å²) in [5.74, 6) is 0.477. The molecule has 5 nitrogen and oxygen atoms in total. The first-order chi connectivity index (χ1) is 8.10. The van der Waals surface area contributed by atoms with E-state index in [0.29, 0.717) is 17.9 Å². The molecule has 0 fully saturated rings. The average Bonchev–Trinajstić information content (AvgIpc) is 2.31. The van der Waals surface area contributed by atoms with Gasteiger partial charge in [-0.2, -0.15) is 5.26 Å². The fourth-order valence-corrected chi connectivity index (χ4v) is 1.68. The van der Waals surface area contributed by atoms with E-state index in [-0.39, 0.29) is 5.91 Å². The van der Waals surface area contributed by atoms with Gasteiger partial charge in [0.1, 0.15) is 5.75 Å². The van der Waals surface area contributed by atoms with Gasteiger partial charge in [-0.3, -0.25) is 4.79 Å². The fraction of sp³-hybridized carbons (Fsp3) is 0.333. The van der Waals surface area contributed by atoms with Crippen LogP contribution in [0.2, 0.25) is 0 Å². The molecule has 5 heteroatoms. The largest absolute Gasteiger partial charge is 0.479 e. The number of rotatable bonds is 2. The standard InChI is InChI=1S/C12H13N3O2/c1-7-12(16)15-10-5-8(4-9(14)6-13)2-3-11(10)17-7/h2-3,5,7,9H,4,14H2,1H3,(H,15,16). The maximum absolute atomic E-state index is 11.4. The minimum atomic E-state index is -0.535. The molecule has 88 valence electrons. The van der Waals surface area contributed by atoms with Crippen LogP contribution in [0.5, 0.6) is 5.75 Å². The van der Waals surface area contributed by atoms with Crippen LogP contribution in [0.25, 0.3) is 0 Å². The lowest BCUT2D eigenvalue weighted by molar-refractivity contribution is -0.122. The molecule has 1 aromatic rings. The lowest BCUT2D eigenvalue weighted by Crippen LogP contribution is -2.34. The fourth-order valence-electron chi connectivity index (χ4n) is 1.68. The van der Waals surface area contributed by atoms with Gasteiger partial charge in [-0.15, -0.1) is 0 Å². The second-order valence-corrected chi connectivity index (χ2v) is 4.02. The van der Waals surface area contributed by atoms with Crippen LogP contribution in [0.15, 0.2) is 18.2 Å². The van der Waals surface area contributed by atoms with Gasteiger partial charge in [-0.25, -0.2) is 0 Å². The van der Waals surface area contributed by atoms with Crippen molar-refractivity contribution in [2.75, 3.05) is 5.32 Å². The van der Waals surface area contributed by atoms with Gasteiger partial charge in [0.25, 0.3) is 5.91 Å². The number of ether oxygens (including phenoxy) is 1. The Balaban J connectivity index is 2.23. The summed E-state index contributed by atoms with van der Waals surface area (Å²) in [5, 5.41) is 11.4. The van der Waals surface area contributed by atoms with Gasteiger partial charge < -0.3 is 15.8 Å². The highest BCUT2D eigenvalue weighted by Gasteiger charge is 2.23. The summed E-state index contributed by atoms with van der Waals surface area (Å²) in [6.45, 7) is 1.69. The van der Waals surface area contributed by atoms with Crippen molar-refractivity contribution in [1.29, 1.82) is 5.26 Å². The molecule has 3 N–H and O–H groups in total. The molecular formula is C12H13N3O2. The first kappa shape index (κ1) is 11.4. The Bertz CT molecular complexity index is 493. The summed E-state index contributed by atoms with van der Waals surface area (Å²) in [7, 11) is 0. The number of hydrogen-bond donors (Lipinski definition) is 2. The molecule has 0 aromatic heterocycles. The molecule has 1 amide bonds. The summed E-state index contributed by atoms with van der Waals surface area (Å²) in [4.78, 5) is 11.4. The lowest BCUT2D eigenvalue weighted by Gasteiger charge is -2.23. The number of nitriles is 1. The van der Waals surface area contributed by atoms with E-state index in [1.54, 1.807) is 19.1 Å². The quantitative estimate of drug-likeness (QED) is 0.788. The van der Waals surface area contributed by atoms with Crippen molar-refractivity contribution in [2.24, 2.45) is 5.73 Å². The van der Waals surface area contributed by atoms with Crippen molar-refractivity contribution in [2.45, 2.75) is 25.5 Å². The molecule has 0 spiro atoms. The highest BCUT2D eigenvalue weighted by molar-refractivity contribution is 5.97. The zero-order chi connectivity index (χ0) is 12.4. The third kappa shape index (κ3) is 2.37. The van der Waals surface area contributed by atoms with Gasteiger partial charge in [0.15, 0.2) is 6.10 Å². The number of carbonyl (C=O) groups excluding carboxylic acids is 1. The zero-order valence-electron chi connectivity index (χ0n) is 9.43. The smallest absolute Gasteiger partial charge is 0.265 e. The van der Waals surface area contributed by atoms with Crippen LogP contribution >= 0.6 is 0 Å². The highest BCUT2D eigenvalue weighted by atomic mass is 16.5. The van der Waals surface area contributed by atoms with E-state index in [9.17, 15) is 4.79 Å². The SMILES string of the molecule is CC1Oc2ccc(CC(N)C#N)cc2NC1=O. The number of benzene rings is 1. The lowest BCUT2D eigenvalue weighted by atomic mass is 10.1. The van der Waals surface area contributed by atoms with E-state index >= 15 is 0 Å². The molecule has 0 aliphatic carbocycles. The Labute approximate surface area is 99.2 Å². The molecule has 1 aliphatic rings. The number of hydrogen-bond acceptors (Lipinski definition) is 4. The third-order valence-electron chi connectivity index (χ3n) is 2.60. The molecule has 0 bridgehead atoms. The van der Waals surface area contributed by atoms with Crippen molar-refractivity contribution in [1.82, 2.24) is 0 Å². The Morgan fingerprint density at radius 2 is 2.41 bits per heavy atom. The summed E-state index contributed by atoms with van der Waals surface area (Å²) < 4.78 is 5.42. The van der Waals surface area contributed by atoms with Gasteiger partial charge >= 0.3 is 0 Å². The minimum Gasteiger partial charge on any atom is -0.479 e. The summed E-state index contributed by atoms with van der Waals surface area (Å²) in [6, 6.07) is 6.85. The van der Waals surface area contributed by atoms with E-state index in [2.05, 4.69) is 5.32 Å². The molecule has 1 aromatic carbocycles. The highest BCUT2D eigenvalue weighted by Crippen LogP contribution is 2.30. The van der Waals surface area contributed by atoms with Crippen LogP contribution < -0.4 is 15.8 Å². The summed E-state index contributed by atoms with van der Waals surface area (Å²) in [6.07, 6.45) is -0.0235. The predicted molar refractivity (Wildman–Crippen MR) is 62.5 cm³/mol. The molecule has 2 unspecified atom stereocenters. The Hall–Kier alpha value is -2.06. The molecule has 0 saturated heterocycles. The zero-order valence-corrected chi connectivity index (χ0v) is 9.43. The normalized spacial score (nSPS) is 19.6. The van der Waals surface area contributed by atoms with Crippen molar-refractivity contribution < 1.29 is 9.53 Å². The van der Waals surface area contributed by atoms with E-state index in [0.717, 1.165) is 5.56 Å². The first-order valence-electron chi connectivity index (χ1n) is 5.36. The van der Waals surface area contributed by atoms with Gasteiger partial charge in [-0.1, -0.05) is 6.07 Å². The number of amides is 1. The number of fused-ring (bicyclic) bond motifs is 1. The third-order valence-corrected chi connectivity index (χ3v) is 2.60.